The molecule has 1 fully saturated rings. The first-order valence-corrected chi connectivity index (χ1v) is 11.9. The zero-order valence-corrected chi connectivity index (χ0v) is 19.2. The standard InChI is InChI=1S/C27H25N7O/c28-25-22-23(33-34(20-6-2-3-7-20)26(22)32-16-31-25)19-11-9-17(10-12-19)15-30-27(35)24-21-8-4-1-5-18(21)13-14-29-24/h1,4-5,8-14,16,20H,2-3,6-7,15H2,(H,30,35)(H2,28,31,32). The Kier molecular flexibility index (Phi) is 5.33. The van der Waals surface area contributed by atoms with Gasteiger partial charge in [-0.25, -0.2) is 14.6 Å². The Labute approximate surface area is 202 Å². The summed E-state index contributed by atoms with van der Waals surface area (Å²) in [7, 11) is 0. The van der Waals surface area contributed by atoms with Crippen molar-refractivity contribution in [1.82, 2.24) is 30.0 Å². The average molecular weight is 464 g/mol. The quantitative estimate of drug-likeness (QED) is 0.392. The number of nitrogens with one attached hydrogen (secondary N) is 1. The lowest BCUT2D eigenvalue weighted by Gasteiger charge is -2.10. The van der Waals surface area contributed by atoms with E-state index in [0.717, 1.165) is 51.5 Å². The number of nitrogens with zero attached hydrogens (tertiary/aromatic N) is 5. The fourth-order valence-electron chi connectivity index (χ4n) is 4.95. The van der Waals surface area contributed by atoms with Crippen LogP contribution in [0.1, 0.15) is 47.8 Å². The molecule has 0 aliphatic heterocycles. The summed E-state index contributed by atoms with van der Waals surface area (Å²) >= 11 is 0. The second-order valence-corrected chi connectivity index (χ2v) is 8.95. The molecule has 3 N–H and O–H groups in total. The van der Waals surface area contributed by atoms with Crippen molar-refractivity contribution < 1.29 is 4.79 Å². The van der Waals surface area contributed by atoms with E-state index in [-0.39, 0.29) is 5.91 Å². The molecule has 174 valence electrons. The number of hydrogen-bond donors (Lipinski definition) is 2. The van der Waals surface area contributed by atoms with Crippen LogP contribution in [-0.4, -0.2) is 30.6 Å². The molecule has 1 aliphatic carbocycles. The molecule has 0 atom stereocenters. The molecule has 2 aromatic carbocycles. The summed E-state index contributed by atoms with van der Waals surface area (Å²) in [6.07, 6.45) is 7.78. The Balaban J connectivity index is 1.25. The van der Waals surface area contributed by atoms with E-state index in [4.69, 9.17) is 10.8 Å². The number of amides is 1. The Morgan fingerprint density at radius 2 is 1.80 bits per heavy atom. The van der Waals surface area contributed by atoms with Crippen molar-refractivity contribution in [3.63, 3.8) is 0 Å². The summed E-state index contributed by atoms with van der Waals surface area (Å²) in [6.45, 7) is 0.395. The summed E-state index contributed by atoms with van der Waals surface area (Å²) in [5, 5.41) is 10.5. The zero-order chi connectivity index (χ0) is 23.8. The molecule has 6 rings (SSSR count). The predicted octanol–water partition coefficient (Wildman–Crippen LogP) is 4.67. The predicted molar refractivity (Wildman–Crippen MR) is 136 cm³/mol. The maximum absolute atomic E-state index is 12.8. The van der Waals surface area contributed by atoms with Crippen LogP contribution >= 0.6 is 0 Å². The summed E-state index contributed by atoms with van der Waals surface area (Å²) in [5.74, 6) is 0.241. The Morgan fingerprint density at radius 1 is 1.00 bits per heavy atom. The number of carbonyl (C=O) groups excluding carboxylic acids is 1. The molecule has 1 aliphatic rings. The van der Waals surface area contributed by atoms with Gasteiger partial charge in [-0.1, -0.05) is 61.4 Å². The number of aromatic nitrogens is 5. The largest absolute Gasteiger partial charge is 0.383 e. The third-order valence-corrected chi connectivity index (χ3v) is 6.76. The molecule has 0 bridgehead atoms. The number of nitrogen functional groups attached to an aromatic ring is 1. The zero-order valence-electron chi connectivity index (χ0n) is 19.2. The topological polar surface area (TPSA) is 112 Å². The van der Waals surface area contributed by atoms with E-state index < -0.39 is 0 Å². The van der Waals surface area contributed by atoms with Gasteiger partial charge in [-0.15, -0.1) is 0 Å². The van der Waals surface area contributed by atoms with Crippen molar-refractivity contribution >= 4 is 33.5 Å². The van der Waals surface area contributed by atoms with E-state index in [0.29, 0.717) is 24.1 Å². The highest BCUT2D eigenvalue weighted by molar-refractivity contribution is 6.05. The summed E-state index contributed by atoms with van der Waals surface area (Å²) in [6, 6.07) is 18.0. The number of carbonyl (C=O) groups is 1. The number of hydrogen-bond acceptors (Lipinski definition) is 6. The lowest BCUT2D eigenvalue weighted by molar-refractivity contribution is 0.0948. The van der Waals surface area contributed by atoms with Gasteiger partial charge in [-0.2, -0.15) is 5.10 Å². The molecule has 8 nitrogen and oxygen atoms in total. The van der Waals surface area contributed by atoms with E-state index in [2.05, 4.69) is 20.3 Å². The molecular weight excluding hydrogens is 438 g/mol. The highest BCUT2D eigenvalue weighted by atomic mass is 16.1. The van der Waals surface area contributed by atoms with Crippen molar-refractivity contribution in [1.29, 1.82) is 0 Å². The Hall–Kier alpha value is -4.33. The summed E-state index contributed by atoms with van der Waals surface area (Å²) < 4.78 is 2.03. The number of rotatable bonds is 5. The van der Waals surface area contributed by atoms with Gasteiger partial charge in [0.15, 0.2) is 5.65 Å². The van der Waals surface area contributed by atoms with Crippen molar-refractivity contribution in [2.45, 2.75) is 38.3 Å². The maximum atomic E-state index is 12.8. The van der Waals surface area contributed by atoms with Crippen molar-refractivity contribution in [2.75, 3.05) is 5.73 Å². The molecule has 0 unspecified atom stereocenters. The molecule has 0 spiro atoms. The maximum Gasteiger partial charge on any atom is 0.270 e. The average Bonchev–Trinajstić information content (AvgIpc) is 3.56. The van der Waals surface area contributed by atoms with Gasteiger partial charge in [0.05, 0.1) is 11.4 Å². The SMILES string of the molecule is Nc1ncnc2c1c(-c1ccc(CNC(=O)c3nccc4ccccc34)cc1)nn2C1CCCC1. The van der Waals surface area contributed by atoms with Gasteiger partial charge >= 0.3 is 0 Å². The highest BCUT2D eigenvalue weighted by Gasteiger charge is 2.24. The van der Waals surface area contributed by atoms with Crippen molar-refractivity contribution in [3.8, 4) is 11.3 Å². The third-order valence-electron chi connectivity index (χ3n) is 6.76. The second-order valence-electron chi connectivity index (χ2n) is 8.95. The van der Waals surface area contributed by atoms with Gasteiger partial charge in [0, 0.05) is 23.7 Å². The summed E-state index contributed by atoms with van der Waals surface area (Å²) in [5.41, 5.74) is 10.2. The van der Waals surface area contributed by atoms with Crippen LogP contribution in [0.5, 0.6) is 0 Å². The molecule has 0 radical (unpaired) electrons. The van der Waals surface area contributed by atoms with Crippen LogP contribution in [0.2, 0.25) is 0 Å². The lowest BCUT2D eigenvalue weighted by atomic mass is 10.1. The molecule has 3 heterocycles. The normalized spacial score (nSPS) is 14.1. The minimum Gasteiger partial charge on any atom is -0.383 e. The van der Waals surface area contributed by atoms with E-state index in [1.165, 1.54) is 19.2 Å². The van der Waals surface area contributed by atoms with E-state index in [1.54, 1.807) is 6.20 Å². The number of fused-ring (bicyclic) bond motifs is 2. The number of pyridine rings is 1. The molecule has 1 amide bonds. The first kappa shape index (κ1) is 21.2. The Bertz CT molecular complexity index is 1530. The van der Waals surface area contributed by atoms with Gasteiger partial charge in [-0.3, -0.25) is 9.78 Å². The van der Waals surface area contributed by atoms with Crippen molar-refractivity contribution in [3.05, 3.63) is 78.4 Å². The monoisotopic (exact) mass is 463 g/mol. The molecule has 1 saturated carbocycles. The van der Waals surface area contributed by atoms with Crippen LogP contribution in [0.4, 0.5) is 5.82 Å². The highest BCUT2D eigenvalue weighted by Crippen LogP contribution is 2.36. The molecule has 0 saturated heterocycles. The van der Waals surface area contributed by atoms with E-state index in [1.807, 2.05) is 59.3 Å². The van der Waals surface area contributed by atoms with Gasteiger partial charge in [-0.05, 0) is 29.9 Å². The minimum atomic E-state index is -0.197. The van der Waals surface area contributed by atoms with Crippen LogP contribution < -0.4 is 11.1 Å². The summed E-state index contributed by atoms with van der Waals surface area (Å²) in [4.78, 5) is 25.8. The van der Waals surface area contributed by atoms with Crippen LogP contribution in [0.3, 0.4) is 0 Å². The first-order chi connectivity index (χ1) is 17.2. The molecule has 8 heteroatoms. The van der Waals surface area contributed by atoms with Crippen molar-refractivity contribution in [2.24, 2.45) is 0 Å². The van der Waals surface area contributed by atoms with Gasteiger partial charge in [0.1, 0.15) is 23.5 Å². The smallest absolute Gasteiger partial charge is 0.270 e. The number of benzene rings is 2. The molecule has 5 aromatic rings. The van der Waals surface area contributed by atoms with Crippen LogP contribution in [0.15, 0.2) is 67.1 Å². The van der Waals surface area contributed by atoms with Crippen LogP contribution in [0, 0.1) is 0 Å². The minimum absolute atomic E-state index is 0.197. The number of anilines is 1. The first-order valence-electron chi connectivity index (χ1n) is 11.9. The van der Waals surface area contributed by atoms with Crippen LogP contribution in [-0.2, 0) is 6.54 Å². The number of nitrogens with two attached hydrogens (primary N) is 1. The van der Waals surface area contributed by atoms with E-state index in [9.17, 15) is 4.79 Å². The lowest BCUT2D eigenvalue weighted by Crippen LogP contribution is -2.24. The van der Waals surface area contributed by atoms with Gasteiger partial charge in [0.2, 0.25) is 0 Å². The molecular formula is C27H25N7O. The van der Waals surface area contributed by atoms with Gasteiger partial charge < -0.3 is 11.1 Å². The van der Waals surface area contributed by atoms with Crippen LogP contribution in [0.25, 0.3) is 33.1 Å². The second kappa shape index (κ2) is 8.79. The fourth-order valence-corrected chi connectivity index (χ4v) is 4.95. The molecule has 35 heavy (non-hydrogen) atoms. The van der Waals surface area contributed by atoms with Gasteiger partial charge in [0.25, 0.3) is 5.91 Å². The fraction of sp³-hybridized carbons (Fsp3) is 0.222. The Morgan fingerprint density at radius 3 is 2.63 bits per heavy atom. The molecule has 3 aromatic heterocycles. The van der Waals surface area contributed by atoms with E-state index >= 15 is 0 Å². The third kappa shape index (κ3) is 3.86.